The van der Waals surface area contributed by atoms with E-state index in [4.69, 9.17) is 4.74 Å². The fraction of sp³-hybridized carbons (Fsp3) is 0.0625. The van der Waals surface area contributed by atoms with Crippen LogP contribution < -0.4 is 4.74 Å². The Morgan fingerprint density at radius 2 is 1.84 bits per heavy atom. The molecule has 0 N–H and O–H groups in total. The van der Waals surface area contributed by atoms with Gasteiger partial charge >= 0.3 is 0 Å². The molecule has 0 fully saturated rings. The van der Waals surface area contributed by atoms with Crippen molar-refractivity contribution in [3.05, 3.63) is 72.2 Å². The molecule has 1 aromatic heterocycles. The molecule has 3 heteroatoms. The van der Waals surface area contributed by atoms with Gasteiger partial charge in [-0.2, -0.15) is 0 Å². The number of rotatable bonds is 3. The molecular weight excluding hydrogens is 241 g/mol. The van der Waals surface area contributed by atoms with Crippen LogP contribution in [0, 0.1) is 5.82 Å². The third-order valence-corrected chi connectivity index (χ3v) is 2.88. The van der Waals surface area contributed by atoms with Crippen molar-refractivity contribution < 1.29 is 9.13 Å². The zero-order valence-corrected chi connectivity index (χ0v) is 10.2. The van der Waals surface area contributed by atoms with Gasteiger partial charge in [-0.1, -0.05) is 30.3 Å². The molecule has 0 aliphatic rings. The number of fused-ring (bicyclic) bond motifs is 1. The summed E-state index contributed by atoms with van der Waals surface area (Å²) in [7, 11) is 0. The quantitative estimate of drug-likeness (QED) is 0.705. The first-order valence-corrected chi connectivity index (χ1v) is 6.04. The van der Waals surface area contributed by atoms with Gasteiger partial charge in [0.15, 0.2) is 0 Å². The van der Waals surface area contributed by atoms with Gasteiger partial charge in [-0.05, 0) is 29.8 Å². The second-order valence-corrected chi connectivity index (χ2v) is 4.25. The lowest BCUT2D eigenvalue weighted by molar-refractivity contribution is 0.309. The van der Waals surface area contributed by atoms with Crippen molar-refractivity contribution in [2.24, 2.45) is 0 Å². The number of hydrogen-bond donors (Lipinski definition) is 0. The van der Waals surface area contributed by atoms with Crippen LogP contribution in [0.4, 0.5) is 4.39 Å². The number of para-hydroxylation sites is 1. The molecule has 0 amide bonds. The van der Waals surface area contributed by atoms with Crippen LogP contribution in [0.15, 0.2) is 60.8 Å². The summed E-state index contributed by atoms with van der Waals surface area (Å²) in [5.74, 6) is 0.458. The Kier molecular flexibility index (Phi) is 3.11. The number of aromatic nitrogens is 1. The number of nitrogens with zero attached hydrogens (tertiary/aromatic N) is 1. The van der Waals surface area contributed by atoms with Gasteiger partial charge in [-0.25, -0.2) is 4.39 Å². The second-order valence-electron chi connectivity index (χ2n) is 4.25. The van der Waals surface area contributed by atoms with Crippen molar-refractivity contribution in [3.8, 4) is 5.75 Å². The highest BCUT2D eigenvalue weighted by atomic mass is 19.1. The van der Waals surface area contributed by atoms with Crippen LogP contribution in [0.5, 0.6) is 5.75 Å². The highest BCUT2D eigenvalue weighted by molar-refractivity contribution is 5.84. The van der Waals surface area contributed by atoms with E-state index in [1.54, 1.807) is 12.3 Å². The van der Waals surface area contributed by atoms with Gasteiger partial charge in [0.05, 0.1) is 0 Å². The zero-order chi connectivity index (χ0) is 13.1. The van der Waals surface area contributed by atoms with Crippen LogP contribution in [0.2, 0.25) is 0 Å². The van der Waals surface area contributed by atoms with E-state index in [2.05, 4.69) is 4.98 Å². The Hall–Kier alpha value is -2.42. The number of halogens is 1. The van der Waals surface area contributed by atoms with Gasteiger partial charge in [-0.15, -0.1) is 0 Å². The fourth-order valence-corrected chi connectivity index (χ4v) is 1.98. The Balaban J connectivity index is 1.86. The molecule has 0 saturated heterocycles. The number of hydrogen-bond acceptors (Lipinski definition) is 2. The molecule has 0 bridgehead atoms. The molecule has 2 aromatic carbocycles. The van der Waals surface area contributed by atoms with Crippen LogP contribution in [0.3, 0.4) is 0 Å². The van der Waals surface area contributed by atoms with Gasteiger partial charge in [0.2, 0.25) is 0 Å². The monoisotopic (exact) mass is 253 g/mol. The normalized spacial score (nSPS) is 10.6. The summed E-state index contributed by atoms with van der Waals surface area (Å²) in [5.41, 5.74) is 1.62. The lowest BCUT2D eigenvalue weighted by Gasteiger charge is -2.08. The predicted molar refractivity (Wildman–Crippen MR) is 72.5 cm³/mol. The zero-order valence-electron chi connectivity index (χ0n) is 10.2. The molecule has 19 heavy (non-hydrogen) atoms. The average Bonchev–Trinajstić information content (AvgIpc) is 2.45. The fourth-order valence-electron chi connectivity index (χ4n) is 1.98. The molecule has 94 valence electrons. The molecule has 2 nitrogen and oxygen atoms in total. The van der Waals surface area contributed by atoms with Crippen LogP contribution in [-0.4, -0.2) is 4.98 Å². The minimum atomic E-state index is -0.253. The van der Waals surface area contributed by atoms with Gasteiger partial charge in [0.1, 0.15) is 23.7 Å². The highest BCUT2D eigenvalue weighted by Crippen LogP contribution is 2.23. The van der Waals surface area contributed by atoms with Gasteiger partial charge < -0.3 is 4.74 Å². The van der Waals surface area contributed by atoms with E-state index >= 15 is 0 Å². The minimum absolute atomic E-state index is 0.253. The maximum absolute atomic E-state index is 13.1. The summed E-state index contributed by atoms with van der Waals surface area (Å²) in [6, 6.07) is 16.0. The molecule has 0 spiro atoms. The van der Waals surface area contributed by atoms with Crippen LogP contribution in [0.25, 0.3) is 10.9 Å². The first kappa shape index (κ1) is 11.7. The largest absolute Gasteiger partial charge is 0.487 e. The summed E-state index contributed by atoms with van der Waals surface area (Å²) in [5, 5.41) is 1.03. The Labute approximate surface area is 110 Å². The van der Waals surface area contributed by atoms with E-state index < -0.39 is 0 Å². The van der Waals surface area contributed by atoms with Gasteiger partial charge in [0.25, 0.3) is 0 Å². The maximum atomic E-state index is 13.1. The molecular formula is C16H12FNO. The predicted octanol–water partition coefficient (Wildman–Crippen LogP) is 3.95. The summed E-state index contributed by atoms with van der Waals surface area (Å²) in [4.78, 5) is 4.31. The lowest BCUT2D eigenvalue weighted by atomic mass is 10.2. The van der Waals surface area contributed by atoms with E-state index in [0.29, 0.717) is 12.4 Å². The molecule has 0 saturated carbocycles. The smallest absolute Gasteiger partial charge is 0.146 e. The van der Waals surface area contributed by atoms with E-state index in [1.165, 1.54) is 12.1 Å². The molecule has 0 aliphatic heterocycles. The van der Waals surface area contributed by atoms with Gasteiger partial charge in [0, 0.05) is 11.6 Å². The lowest BCUT2D eigenvalue weighted by Crippen LogP contribution is -1.97. The summed E-state index contributed by atoms with van der Waals surface area (Å²) < 4.78 is 18.8. The number of ether oxygens (including phenoxy) is 1. The molecule has 0 unspecified atom stereocenters. The third-order valence-electron chi connectivity index (χ3n) is 2.88. The van der Waals surface area contributed by atoms with E-state index in [0.717, 1.165) is 16.5 Å². The molecule has 1 heterocycles. The topological polar surface area (TPSA) is 22.1 Å². The van der Waals surface area contributed by atoms with Crippen molar-refractivity contribution in [3.63, 3.8) is 0 Å². The highest BCUT2D eigenvalue weighted by Gasteiger charge is 2.03. The molecule has 3 aromatic rings. The van der Waals surface area contributed by atoms with Crippen molar-refractivity contribution in [2.75, 3.05) is 0 Å². The first-order chi connectivity index (χ1) is 9.33. The average molecular weight is 253 g/mol. The maximum Gasteiger partial charge on any atom is 0.146 e. The Morgan fingerprint density at radius 1 is 1.00 bits per heavy atom. The van der Waals surface area contributed by atoms with Crippen molar-refractivity contribution in [1.29, 1.82) is 0 Å². The molecule has 3 rings (SSSR count). The Morgan fingerprint density at radius 3 is 2.74 bits per heavy atom. The number of benzene rings is 2. The summed E-state index contributed by atoms with van der Waals surface area (Å²) in [6.07, 6.45) is 1.73. The van der Waals surface area contributed by atoms with Crippen molar-refractivity contribution in [2.45, 2.75) is 6.61 Å². The standard InChI is InChI=1S/C16H12FNO/c17-14-7-1-4-12(10-14)11-19-15-8-2-5-13-6-3-9-18-16(13)15/h1-10H,11H2. The Bertz CT molecular complexity index is 706. The molecule has 0 atom stereocenters. The number of pyridine rings is 1. The molecule has 0 aliphatic carbocycles. The van der Waals surface area contributed by atoms with E-state index in [9.17, 15) is 4.39 Å². The summed E-state index contributed by atoms with van der Waals surface area (Å²) >= 11 is 0. The molecule has 0 radical (unpaired) electrons. The van der Waals surface area contributed by atoms with Crippen LogP contribution in [0.1, 0.15) is 5.56 Å². The van der Waals surface area contributed by atoms with Gasteiger partial charge in [-0.3, -0.25) is 4.98 Å². The minimum Gasteiger partial charge on any atom is -0.487 e. The van der Waals surface area contributed by atoms with Crippen LogP contribution in [-0.2, 0) is 6.61 Å². The van der Waals surface area contributed by atoms with Crippen LogP contribution >= 0.6 is 0 Å². The summed E-state index contributed by atoms with van der Waals surface area (Å²) in [6.45, 7) is 0.327. The third kappa shape index (κ3) is 2.55. The van der Waals surface area contributed by atoms with Crippen molar-refractivity contribution >= 4 is 10.9 Å². The second kappa shape index (κ2) is 5.06. The van der Waals surface area contributed by atoms with E-state index in [-0.39, 0.29) is 5.82 Å². The SMILES string of the molecule is Fc1cccc(COc2cccc3cccnc23)c1. The van der Waals surface area contributed by atoms with E-state index in [1.807, 2.05) is 36.4 Å². The van der Waals surface area contributed by atoms with Crippen molar-refractivity contribution in [1.82, 2.24) is 4.98 Å². The first-order valence-electron chi connectivity index (χ1n) is 6.04.